The van der Waals surface area contributed by atoms with Crippen molar-refractivity contribution < 1.29 is 10.2 Å². The van der Waals surface area contributed by atoms with Crippen LogP contribution >= 0.6 is 11.8 Å². The predicted molar refractivity (Wildman–Crippen MR) is 70.4 cm³/mol. The minimum Gasteiger partial charge on any atom is -0.389 e. The van der Waals surface area contributed by atoms with Gasteiger partial charge in [0.15, 0.2) is 0 Å². The van der Waals surface area contributed by atoms with Crippen LogP contribution in [-0.2, 0) is 6.42 Å². The third kappa shape index (κ3) is 3.01. The van der Waals surface area contributed by atoms with Crippen LogP contribution in [0.3, 0.4) is 0 Å². The fourth-order valence-electron chi connectivity index (χ4n) is 2.11. The fourth-order valence-corrected chi connectivity index (χ4v) is 3.13. The molecule has 0 saturated carbocycles. The first-order valence-electron chi connectivity index (χ1n) is 5.98. The largest absolute Gasteiger partial charge is 0.389 e. The van der Waals surface area contributed by atoms with E-state index in [0.29, 0.717) is 6.54 Å². The number of aryl methyl sites for hydroxylation is 1. The van der Waals surface area contributed by atoms with Crippen LogP contribution in [0.25, 0.3) is 0 Å². The van der Waals surface area contributed by atoms with Crippen LogP contribution in [0.4, 0.5) is 0 Å². The lowest BCUT2D eigenvalue weighted by molar-refractivity contribution is 0.0201. The van der Waals surface area contributed by atoms with Gasteiger partial charge in [0, 0.05) is 11.4 Å². The first-order chi connectivity index (χ1) is 8.22. The molecule has 0 fully saturated rings. The number of nitrogens with one attached hydrogen (secondary N) is 1. The van der Waals surface area contributed by atoms with Gasteiger partial charge in [0.05, 0.1) is 6.10 Å². The minimum absolute atomic E-state index is 0.396. The molecule has 1 heterocycles. The summed E-state index contributed by atoms with van der Waals surface area (Å²) in [6.45, 7) is 0.396. The number of benzene rings is 1. The van der Waals surface area contributed by atoms with Crippen LogP contribution in [0.2, 0.25) is 0 Å². The summed E-state index contributed by atoms with van der Waals surface area (Å²) in [5.41, 5.74) is 2.11. The molecule has 94 valence electrons. The second-order valence-corrected chi connectivity index (χ2v) is 5.53. The van der Waals surface area contributed by atoms with Crippen LogP contribution < -0.4 is 5.32 Å². The highest BCUT2D eigenvalue weighted by Gasteiger charge is 2.19. The number of rotatable bonds is 4. The van der Waals surface area contributed by atoms with E-state index in [0.717, 1.165) is 12.0 Å². The highest BCUT2D eigenvalue weighted by atomic mass is 32.2. The molecule has 0 radical (unpaired) electrons. The Morgan fingerprint density at radius 3 is 3.00 bits per heavy atom. The summed E-state index contributed by atoms with van der Waals surface area (Å²) in [5.74, 6) is 1.18. The van der Waals surface area contributed by atoms with Crippen molar-refractivity contribution >= 4 is 11.8 Å². The number of hydrogen-bond donors (Lipinski definition) is 3. The molecule has 2 atom stereocenters. The Balaban J connectivity index is 2.15. The van der Waals surface area contributed by atoms with Crippen LogP contribution in [-0.4, -0.2) is 35.7 Å². The van der Waals surface area contributed by atoms with Crippen LogP contribution in [0, 0.1) is 0 Å². The summed E-state index contributed by atoms with van der Waals surface area (Å²) in [5, 5.41) is 22.6. The van der Waals surface area contributed by atoms with Gasteiger partial charge in [-0.05, 0) is 42.8 Å². The summed E-state index contributed by atoms with van der Waals surface area (Å²) in [6, 6.07) is 6.01. The van der Waals surface area contributed by atoms with Crippen molar-refractivity contribution in [3.8, 4) is 0 Å². The normalized spacial score (nSPS) is 18.5. The number of aliphatic hydroxyl groups excluding tert-OH is 2. The number of aliphatic hydroxyl groups is 2. The average Bonchev–Trinajstić information content (AvgIpc) is 2.37. The van der Waals surface area contributed by atoms with E-state index in [1.807, 2.05) is 23.9 Å². The third-order valence-electron chi connectivity index (χ3n) is 3.05. The molecule has 2 unspecified atom stereocenters. The van der Waals surface area contributed by atoms with Gasteiger partial charge in [0.2, 0.25) is 0 Å². The Hall–Kier alpha value is -0.550. The molecule has 4 heteroatoms. The summed E-state index contributed by atoms with van der Waals surface area (Å²) < 4.78 is 0. The van der Waals surface area contributed by atoms with Gasteiger partial charge in [0.25, 0.3) is 0 Å². The van der Waals surface area contributed by atoms with Crippen molar-refractivity contribution in [3.05, 3.63) is 29.3 Å². The van der Waals surface area contributed by atoms with Gasteiger partial charge in [-0.2, -0.15) is 0 Å². The molecule has 1 aliphatic heterocycles. The van der Waals surface area contributed by atoms with Crippen LogP contribution in [0.5, 0.6) is 0 Å². The van der Waals surface area contributed by atoms with E-state index in [9.17, 15) is 10.2 Å². The van der Waals surface area contributed by atoms with Gasteiger partial charge in [-0.3, -0.25) is 0 Å². The SMILES string of the molecule is CNCC(O)C(O)c1ccc2c(c1)CCCS2. The smallest absolute Gasteiger partial charge is 0.106 e. The maximum atomic E-state index is 10.0. The summed E-state index contributed by atoms with van der Waals surface area (Å²) in [7, 11) is 1.76. The van der Waals surface area contributed by atoms with Crippen molar-refractivity contribution in [2.24, 2.45) is 0 Å². The molecule has 0 amide bonds. The molecule has 2 rings (SSSR count). The van der Waals surface area contributed by atoms with E-state index in [1.165, 1.54) is 22.6 Å². The van der Waals surface area contributed by atoms with E-state index >= 15 is 0 Å². The van der Waals surface area contributed by atoms with E-state index in [1.54, 1.807) is 7.05 Å². The highest BCUT2D eigenvalue weighted by molar-refractivity contribution is 7.99. The Kier molecular flexibility index (Phi) is 4.45. The molecule has 17 heavy (non-hydrogen) atoms. The van der Waals surface area contributed by atoms with Gasteiger partial charge >= 0.3 is 0 Å². The maximum absolute atomic E-state index is 10.0. The lowest BCUT2D eigenvalue weighted by atomic mass is 10.00. The number of fused-ring (bicyclic) bond motifs is 1. The zero-order chi connectivity index (χ0) is 12.3. The van der Waals surface area contributed by atoms with Crippen molar-refractivity contribution in [2.45, 2.75) is 29.9 Å². The first-order valence-corrected chi connectivity index (χ1v) is 6.97. The molecule has 1 aliphatic rings. The molecular formula is C13H19NO2S. The topological polar surface area (TPSA) is 52.5 Å². The van der Waals surface area contributed by atoms with Crippen molar-refractivity contribution in [2.75, 3.05) is 19.3 Å². The fraction of sp³-hybridized carbons (Fsp3) is 0.538. The Morgan fingerprint density at radius 1 is 1.41 bits per heavy atom. The summed E-state index contributed by atoms with van der Waals surface area (Å²) >= 11 is 1.87. The molecular weight excluding hydrogens is 234 g/mol. The first kappa shape index (κ1) is 12.9. The van der Waals surface area contributed by atoms with Gasteiger partial charge < -0.3 is 15.5 Å². The van der Waals surface area contributed by atoms with Crippen molar-refractivity contribution in [1.29, 1.82) is 0 Å². The second-order valence-electron chi connectivity index (χ2n) is 4.39. The predicted octanol–water partition coefficient (Wildman–Crippen LogP) is 1.34. The monoisotopic (exact) mass is 253 g/mol. The lowest BCUT2D eigenvalue weighted by Crippen LogP contribution is -2.29. The Labute approximate surface area is 106 Å². The zero-order valence-electron chi connectivity index (χ0n) is 10.0. The summed E-state index contributed by atoms with van der Waals surface area (Å²) in [4.78, 5) is 1.32. The van der Waals surface area contributed by atoms with E-state index < -0.39 is 12.2 Å². The molecule has 3 N–H and O–H groups in total. The van der Waals surface area contributed by atoms with Gasteiger partial charge in [0.1, 0.15) is 6.10 Å². The molecule has 0 saturated heterocycles. The molecule has 3 nitrogen and oxygen atoms in total. The Morgan fingerprint density at radius 2 is 2.24 bits per heavy atom. The van der Waals surface area contributed by atoms with Gasteiger partial charge in [-0.15, -0.1) is 11.8 Å². The molecule has 0 aromatic heterocycles. The van der Waals surface area contributed by atoms with E-state index in [2.05, 4.69) is 11.4 Å². The second kappa shape index (κ2) is 5.87. The molecule has 1 aromatic carbocycles. The van der Waals surface area contributed by atoms with Gasteiger partial charge in [-0.25, -0.2) is 0 Å². The van der Waals surface area contributed by atoms with Crippen molar-refractivity contribution in [3.63, 3.8) is 0 Å². The number of thioether (sulfide) groups is 1. The van der Waals surface area contributed by atoms with Gasteiger partial charge in [-0.1, -0.05) is 12.1 Å². The third-order valence-corrected chi connectivity index (χ3v) is 4.25. The average molecular weight is 253 g/mol. The van der Waals surface area contributed by atoms with Crippen LogP contribution in [0.1, 0.15) is 23.7 Å². The summed E-state index contributed by atoms with van der Waals surface area (Å²) in [6.07, 6.45) is 0.704. The quantitative estimate of drug-likeness (QED) is 0.758. The molecule has 1 aromatic rings. The minimum atomic E-state index is -0.806. The number of hydrogen-bond acceptors (Lipinski definition) is 4. The number of likely N-dealkylation sites (N-methyl/N-ethyl adjacent to an activating group) is 1. The van der Waals surface area contributed by atoms with E-state index in [-0.39, 0.29) is 0 Å². The Bertz CT molecular complexity index is 384. The lowest BCUT2D eigenvalue weighted by Gasteiger charge is -2.21. The van der Waals surface area contributed by atoms with E-state index in [4.69, 9.17) is 0 Å². The van der Waals surface area contributed by atoms with Crippen molar-refractivity contribution in [1.82, 2.24) is 5.32 Å². The van der Waals surface area contributed by atoms with Crippen LogP contribution in [0.15, 0.2) is 23.1 Å². The molecule has 0 spiro atoms. The molecule has 0 aliphatic carbocycles. The zero-order valence-corrected chi connectivity index (χ0v) is 10.8. The maximum Gasteiger partial charge on any atom is 0.106 e. The molecule has 0 bridgehead atoms. The highest BCUT2D eigenvalue weighted by Crippen LogP contribution is 2.32. The standard InChI is InChI=1S/C13H19NO2S/c1-14-8-11(15)13(16)10-4-5-12-9(7-10)3-2-6-17-12/h4-5,7,11,13-16H,2-3,6,8H2,1H3.